The first-order chi connectivity index (χ1) is 10.2. The third-order valence-electron chi connectivity index (χ3n) is 2.94. The number of nitrogen functional groups attached to an aromatic ring is 1. The second-order valence-electron chi connectivity index (χ2n) is 4.51. The fraction of sp³-hybridized carbons (Fsp3) is 0.400. The van der Waals surface area contributed by atoms with Gasteiger partial charge in [0, 0.05) is 41.9 Å². The molecule has 1 heterocycles. The summed E-state index contributed by atoms with van der Waals surface area (Å²) in [5.74, 6) is 0.739. The van der Waals surface area contributed by atoms with E-state index in [1.165, 1.54) is 0 Å². The van der Waals surface area contributed by atoms with Gasteiger partial charge >= 0.3 is 0 Å². The highest BCUT2D eigenvalue weighted by molar-refractivity contribution is 9.10. The maximum atomic E-state index is 5.97. The zero-order chi connectivity index (χ0) is 15.1. The Morgan fingerprint density at radius 1 is 1.19 bits per heavy atom. The first-order valence-corrected chi connectivity index (χ1v) is 7.55. The zero-order valence-electron chi connectivity index (χ0n) is 12.0. The van der Waals surface area contributed by atoms with Gasteiger partial charge in [0.15, 0.2) is 0 Å². The van der Waals surface area contributed by atoms with E-state index in [-0.39, 0.29) is 0 Å². The summed E-state index contributed by atoms with van der Waals surface area (Å²) in [5, 5.41) is 0.887. The Morgan fingerprint density at radius 3 is 2.86 bits per heavy atom. The van der Waals surface area contributed by atoms with Gasteiger partial charge in [0.25, 0.3) is 0 Å². The summed E-state index contributed by atoms with van der Waals surface area (Å²) in [6.45, 7) is 2.44. The summed E-state index contributed by atoms with van der Waals surface area (Å²) in [6, 6.07) is 5.63. The number of pyridine rings is 1. The van der Waals surface area contributed by atoms with Gasteiger partial charge in [-0.2, -0.15) is 0 Å². The van der Waals surface area contributed by atoms with Gasteiger partial charge < -0.3 is 19.9 Å². The molecule has 2 rings (SSSR count). The van der Waals surface area contributed by atoms with Gasteiger partial charge in [0.1, 0.15) is 11.3 Å². The Morgan fingerprint density at radius 2 is 2.05 bits per heavy atom. The van der Waals surface area contributed by atoms with E-state index < -0.39 is 0 Å². The minimum atomic E-state index is 0.573. The lowest BCUT2D eigenvalue weighted by Crippen LogP contribution is -2.07. The quantitative estimate of drug-likeness (QED) is 0.582. The van der Waals surface area contributed by atoms with Crippen molar-refractivity contribution in [2.75, 3.05) is 39.3 Å². The van der Waals surface area contributed by atoms with E-state index in [9.17, 15) is 0 Å². The monoisotopic (exact) mass is 354 g/mol. The van der Waals surface area contributed by atoms with Gasteiger partial charge in [-0.15, -0.1) is 0 Å². The van der Waals surface area contributed by atoms with Crippen LogP contribution in [0.5, 0.6) is 5.75 Å². The molecule has 0 bridgehead atoms. The molecule has 0 aliphatic carbocycles. The molecule has 0 fully saturated rings. The molecule has 114 valence electrons. The molecule has 6 heteroatoms. The number of anilines is 1. The van der Waals surface area contributed by atoms with Crippen molar-refractivity contribution in [3.63, 3.8) is 0 Å². The van der Waals surface area contributed by atoms with Crippen LogP contribution in [0.1, 0.15) is 6.42 Å². The average molecular weight is 355 g/mol. The molecule has 0 aliphatic heterocycles. The second kappa shape index (κ2) is 8.17. The van der Waals surface area contributed by atoms with Crippen molar-refractivity contribution in [3.8, 4) is 5.75 Å². The second-order valence-corrected chi connectivity index (χ2v) is 5.43. The van der Waals surface area contributed by atoms with Gasteiger partial charge in [-0.3, -0.25) is 4.98 Å². The lowest BCUT2D eigenvalue weighted by Gasteiger charge is -2.10. The maximum Gasteiger partial charge on any atom is 0.145 e. The maximum absolute atomic E-state index is 5.97. The molecule has 0 saturated carbocycles. The minimum absolute atomic E-state index is 0.573. The molecule has 0 saturated heterocycles. The van der Waals surface area contributed by atoms with Crippen molar-refractivity contribution in [1.82, 2.24) is 4.98 Å². The zero-order valence-corrected chi connectivity index (χ0v) is 13.6. The molecule has 2 aromatic rings. The lowest BCUT2D eigenvalue weighted by atomic mass is 10.1. The number of hydrogen-bond donors (Lipinski definition) is 1. The predicted molar refractivity (Wildman–Crippen MR) is 86.7 cm³/mol. The van der Waals surface area contributed by atoms with Gasteiger partial charge in [0.2, 0.25) is 0 Å². The summed E-state index contributed by atoms with van der Waals surface area (Å²) in [6.07, 6.45) is 2.55. The first kappa shape index (κ1) is 16.0. The van der Waals surface area contributed by atoms with Crippen LogP contribution >= 0.6 is 15.9 Å². The molecule has 5 nitrogen and oxygen atoms in total. The third kappa shape index (κ3) is 4.56. The van der Waals surface area contributed by atoms with Gasteiger partial charge in [-0.25, -0.2) is 0 Å². The molecule has 1 aromatic carbocycles. The smallest absolute Gasteiger partial charge is 0.145 e. The van der Waals surface area contributed by atoms with E-state index in [0.29, 0.717) is 32.1 Å². The predicted octanol–water partition coefficient (Wildman–Crippen LogP) is 3.01. The van der Waals surface area contributed by atoms with E-state index >= 15 is 0 Å². The van der Waals surface area contributed by atoms with E-state index in [0.717, 1.165) is 27.5 Å². The fourth-order valence-corrected chi connectivity index (χ4v) is 2.23. The van der Waals surface area contributed by atoms with E-state index in [1.807, 2.05) is 18.2 Å². The number of methoxy groups -OCH3 is 1. The van der Waals surface area contributed by atoms with Gasteiger partial charge in [-0.1, -0.05) is 0 Å². The molecule has 1 aromatic heterocycles. The van der Waals surface area contributed by atoms with Crippen LogP contribution < -0.4 is 10.5 Å². The van der Waals surface area contributed by atoms with Crippen molar-refractivity contribution in [2.24, 2.45) is 0 Å². The van der Waals surface area contributed by atoms with Crippen LogP contribution in [0.25, 0.3) is 10.9 Å². The van der Waals surface area contributed by atoms with Gasteiger partial charge in [0.05, 0.1) is 19.8 Å². The SMILES string of the molecule is COCCOCCCOc1ccc(N)c2cc(Br)cnc12. The van der Waals surface area contributed by atoms with Crippen LogP contribution in [-0.4, -0.2) is 38.5 Å². The number of ether oxygens (including phenoxy) is 3. The molecule has 0 atom stereocenters. The largest absolute Gasteiger partial charge is 0.491 e. The molecular formula is C15H19BrN2O3. The molecule has 0 spiro atoms. The Bertz CT molecular complexity index is 592. The summed E-state index contributed by atoms with van der Waals surface area (Å²) >= 11 is 3.40. The Kier molecular flexibility index (Phi) is 6.22. The number of fused-ring (bicyclic) bond motifs is 1. The molecular weight excluding hydrogens is 336 g/mol. The Labute approximate surface area is 132 Å². The summed E-state index contributed by atoms with van der Waals surface area (Å²) in [7, 11) is 1.66. The number of aromatic nitrogens is 1. The first-order valence-electron chi connectivity index (χ1n) is 6.75. The van der Waals surface area contributed by atoms with Crippen LogP contribution in [-0.2, 0) is 9.47 Å². The van der Waals surface area contributed by atoms with Crippen molar-refractivity contribution >= 4 is 32.5 Å². The summed E-state index contributed by atoms with van der Waals surface area (Å²) < 4.78 is 17.0. The Hall–Kier alpha value is -1.37. The highest BCUT2D eigenvalue weighted by atomic mass is 79.9. The van der Waals surface area contributed by atoms with Crippen LogP contribution in [0.3, 0.4) is 0 Å². The van der Waals surface area contributed by atoms with Crippen LogP contribution in [0, 0.1) is 0 Å². The third-order valence-corrected chi connectivity index (χ3v) is 3.37. The standard InChI is InChI=1S/C15H19BrN2O3/c1-19-7-8-20-5-2-6-21-14-4-3-13(17)12-9-11(16)10-18-15(12)14/h3-4,9-10H,2,5-8,17H2,1H3. The van der Waals surface area contributed by atoms with Crippen LogP contribution in [0.15, 0.2) is 28.9 Å². The summed E-state index contributed by atoms with van der Waals surface area (Å²) in [4.78, 5) is 4.38. The van der Waals surface area contributed by atoms with Crippen molar-refractivity contribution in [2.45, 2.75) is 6.42 Å². The molecule has 21 heavy (non-hydrogen) atoms. The number of halogens is 1. The van der Waals surface area contributed by atoms with Crippen molar-refractivity contribution < 1.29 is 14.2 Å². The fourth-order valence-electron chi connectivity index (χ4n) is 1.89. The van der Waals surface area contributed by atoms with Crippen LogP contribution in [0.4, 0.5) is 5.69 Å². The molecule has 0 unspecified atom stereocenters. The number of benzene rings is 1. The van der Waals surface area contributed by atoms with E-state index in [2.05, 4.69) is 20.9 Å². The highest BCUT2D eigenvalue weighted by Gasteiger charge is 2.07. The normalized spacial score (nSPS) is 11.0. The van der Waals surface area contributed by atoms with Crippen molar-refractivity contribution in [1.29, 1.82) is 0 Å². The van der Waals surface area contributed by atoms with E-state index in [4.69, 9.17) is 19.9 Å². The molecule has 0 amide bonds. The Balaban J connectivity index is 1.92. The average Bonchev–Trinajstić information content (AvgIpc) is 2.49. The minimum Gasteiger partial charge on any atom is -0.491 e. The number of rotatable bonds is 8. The molecule has 0 radical (unpaired) electrons. The number of nitrogens with two attached hydrogens (primary N) is 1. The topological polar surface area (TPSA) is 66.6 Å². The lowest BCUT2D eigenvalue weighted by molar-refractivity contribution is 0.0645. The molecule has 2 N–H and O–H groups in total. The highest BCUT2D eigenvalue weighted by Crippen LogP contribution is 2.30. The molecule has 0 aliphatic rings. The van der Waals surface area contributed by atoms with Gasteiger partial charge in [-0.05, 0) is 34.1 Å². The summed E-state index contributed by atoms with van der Waals surface area (Å²) in [5.41, 5.74) is 7.43. The number of hydrogen-bond acceptors (Lipinski definition) is 5. The number of nitrogens with zero attached hydrogens (tertiary/aromatic N) is 1. The van der Waals surface area contributed by atoms with Crippen molar-refractivity contribution in [3.05, 3.63) is 28.9 Å². The van der Waals surface area contributed by atoms with E-state index in [1.54, 1.807) is 13.3 Å². The van der Waals surface area contributed by atoms with Crippen LogP contribution in [0.2, 0.25) is 0 Å².